The van der Waals surface area contributed by atoms with Crippen molar-refractivity contribution in [3.8, 4) is 0 Å². The number of hydrogen-bond acceptors (Lipinski definition) is 5. The van der Waals surface area contributed by atoms with Gasteiger partial charge in [-0.2, -0.15) is 0 Å². The Morgan fingerprint density at radius 1 is 1.35 bits per heavy atom. The van der Waals surface area contributed by atoms with Gasteiger partial charge in [0.25, 0.3) is 5.91 Å². The minimum absolute atomic E-state index is 0.00642. The van der Waals surface area contributed by atoms with Crippen molar-refractivity contribution in [2.75, 3.05) is 13.1 Å². The highest BCUT2D eigenvalue weighted by molar-refractivity contribution is 7.09. The number of carbonyl (C=O) groups excluding carboxylic acids is 1. The van der Waals surface area contributed by atoms with Crippen LogP contribution in [0.3, 0.4) is 0 Å². The molecule has 0 saturated carbocycles. The fourth-order valence-electron chi connectivity index (χ4n) is 4.40. The minimum atomic E-state index is -0.594. The summed E-state index contributed by atoms with van der Waals surface area (Å²) in [7, 11) is 0. The van der Waals surface area contributed by atoms with Gasteiger partial charge in [-0.15, -0.1) is 11.3 Å². The number of benzene rings is 1. The van der Waals surface area contributed by atoms with Gasteiger partial charge in [0.2, 0.25) is 0 Å². The fourth-order valence-corrected chi connectivity index (χ4v) is 5.21. The van der Waals surface area contributed by atoms with Crippen molar-refractivity contribution in [3.05, 3.63) is 51.5 Å². The number of piperidine rings is 1. The van der Waals surface area contributed by atoms with Crippen LogP contribution in [-0.2, 0) is 5.41 Å². The smallest absolute Gasteiger partial charge is 0.273 e. The quantitative estimate of drug-likeness (QED) is 0.851. The van der Waals surface area contributed by atoms with Crippen LogP contribution < -0.4 is 5.73 Å². The molecule has 2 atom stereocenters. The minimum Gasteiger partial charge on any atom is -0.390 e. The molecular weight excluding hydrogens is 346 g/mol. The van der Waals surface area contributed by atoms with Gasteiger partial charge in [-0.1, -0.05) is 38.1 Å². The standard InChI is InChI=1S/C20H25N3O2S/c1-12(2)18-22-15(11-26-18)19(25)23-9-7-20(8-10-23)14-6-4-3-5-13(14)16(21)17(20)24/h3-6,11-12,16-17,24H,7-10,21H2,1-2H3/t16-,17+/m1/s1. The Labute approximate surface area is 157 Å². The molecule has 1 amide bonds. The number of likely N-dealkylation sites (tertiary alicyclic amines) is 1. The summed E-state index contributed by atoms with van der Waals surface area (Å²) in [5.74, 6) is 0.325. The molecular formula is C20H25N3O2S. The number of amides is 1. The summed E-state index contributed by atoms with van der Waals surface area (Å²) < 4.78 is 0. The highest BCUT2D eigenvalue weighted by atomic mass is 32.1. The molecule has 1 fully saturated rings. The van der Waals surface area contributed by atoms with Crippen molar-refractivity contribution >= 4 is 17.2 Å². The maximum atomic E-state index is 12.8. The lowest BCUT2D eigenvalue weighted by molar-refractivity contribution is 0.0260. The van der Waals surface area contributed by atoms with Crippen LogP contribution in [0.2, 0.25) is 0 Å². The molecule has 2 aliphatic rings. The molecule has 4 rings (SSSR count). The average Bonchev–Trinajstić information content (AvgIpc) is 3.23. The molecule has 26 heavy (non-hydrogen) atoms. The molecule has 1 spiro atoms. The molecule has 5 nitrogen and oxygen atoms in total. The molecule has 1 aromatic carbocycles. The monoisotopic (exact) mass is 371 g/mol. The number of fused-ring (bicyclic) bond motifs is 2. The first kappa shape index (κ1) is 17.6. The molecule has 6 heteroatoms. The van der Waals surface area contributed by atoms with E-state index >= 15 is 0 Å². The summed E-state index contributed by atoms with van der Waals surface area (Å²) in [5, 5.41) is 13.7. The van der Waals surface area contributed by atoms with E-state index in [9.17, 15) is 9.90 Å². The summed E-state index contributed by atoms with van der Waals surface area (Å²) in [6, 6.07) is 7.72. The van der Waals surface area contributed by atoms with Gasteiger partial charge in [0, 0.05) is 29.8 Å². The largest absolute Gasteiger partial charge is 0.390 e. The summed E-state index contributed by atoms with van der Waals surface area (Å²) in [5.41, 5.74) is 8.68. The van der Waals surface area contributed by atoms with Crippen molar-refractivity contribution in [3.63, 3.8) is 0 Å². The number of aromatic nitrogens is 1. The Balaban J connectivity index is 1.53. The highest BCUT2D eigenvalue weighted by Crippen LogP contribution is 2.50. The molecule has 0 radical (unpaired) electrons. The third kappa shape index (κ3) is 2.59. The molecule has 1 aromatic heterocycles. The zero-order valence-corrected chi connectivity index (χ0v) is 16.0. The Kier molecular flexibility index (Phi) is 4.37. The van der Waals surface area contributed by atoms with Gasteiger partial charge in [-0.05, 0) is 24.0 Å². The van der Waals surface area contributed by atoms with Crippen LogP contribution in [0.15, 0.2) is 29.6 Å². The number of rotatable bonds is 2. The SMILES string of the molecule is CC(C)c1nc(C(=O)N2CCC3(CC2)c2ccccc2[C@@H](N)[C@@H]3O)cs1. The third-order valence-corrected chi connectivity index (χ3v) is 7.09. The molecule has 0 unspecified atom stereocenters. The second-order valence-corrected chi connectivity index (χ2v) is 8.62. The van der Waals surface area contributed by atoms with Crippen molar-refractivity contribution < 1.29 is 9.90 Å². The van der Waals surface area contributed by atoms with Crippen LogP contribution in [-0.4, -0.2) is 40.1 Å². The first-order valence-corrected chi connectivity index (χ1v) is 10.1. The number of thiazole rings is 1. The second kappa shape index (κ2) is 6.44. The van der Waals surface area contributed by atoms with E-state index in [-0.39, 0.29) is 17.4 Å². The van der Waals surface area contributed by atoms with Crippen LogP contribution in [0.5, 0.6) is 0 Å². The van der Waals surface area contributed by atoms with Crippen LogP contribution in [0.4, 0.5) is 0 Å². The average molecular weight is 372 g/mol. The summed E-state index contributed by atoms with van der Waals surface area (Å²) in [6.45, 7) is 5.40. The van der Waals surface area contributed by atoms with Gasteiger partial charge in [-0.25, -0.2) is 4.98 Å². The first-order chi connectivity index (χ1) is 12.4. The van der Waals surface area contributed by atoms with Crippen LogP contribution >= 0.6 is 11.3 Å². The number of nitrogens with zero attached hydrogens (tertiary/aromatic N) is 2. The van der Waals surface area contributed by atoms with Crippen LogP contribution in [0, 0.1) is 0 Å². The number of aliphatic hydroxyl groups excluding tert-OH is 1. The topological polar surface area (TPSA) is 79.5 Å². The van der Waals surface area contributed by atoms with Gasteiger partial charge < -0.3 is 15.7 Å². The third-order valence-electron chi connectivity index (χ3n) is 5.94. The van der Waals surface area contributed by atoms with Gasteiger partial charge in [0.15, 0.2) is 0 Å². The summed E-state index contributed by atoms with van der Waals surface area (Å²) in [6.07, 6.45) is 0.862. The van der Waals surface area contributed by atoms with Gasteiger partial charge >= 0.3 is 0 Å². The summed E-state index contributed by atoms with van der Waals surface area (Å²) >= 11 is 1.55. The van der Waals surface area contributed by atoms with Crippen molar-refractivity contribution in [2.24, 2.45) is 5.73 Å². The molecule has 2 heterocycles. The number of aliphatic hydroxyl groups is 1. The fraction of sp³-hybridized carbons (Fsp3) is 0.500. The van der Waals surface area contributed by atoms with E-state index in [1.807, 2.05) is 28.5 Å². The van der Waals surface area contributed by atoms with E-state index in [2.05, 4.69) is 24.9 Å². The lowest BCUT2D eigenvalue weighted by Crippen LogP contribution is -2.50. The first-order valence-electron chi connectivity index (χ1n) is 9.22. The Hall–Kier alpha value is -1.76. The molecule has 1 saturated heterocycles. The Morgan fingerprint density at radius 3 is 2.69 bits per heavy atom. The second-order valence-electron chi connectivity index (χ2n) is 7.73. The van der Waals surface area contributed by atoms with Gasteiger partial charge in [0.1, 0.15) is 5.69 Å². The normalized spacial score (nSPS) is 24.3. The van der Waals surface area contributed by atoms with E-state index in [1.54, 1.807) is 11.3 Å². The highest BCUT2D eigenvalue weighted by Gasteiger charge is 2.51. The predicted octanol–water partition coefficient (Wildman–Crippen LogP) is 2.81. The maximum Gasteiger partial charge on any atom is 0.273 e. The van der Waals surface area contributed by atoms with Crippen LogP contribution in [0.25, 0.3) is 0 Å². The Bertz CT molecular complexity index is 824. The number of carbonyl (C=O) groups is 1. The maximum absolute atomic E-state index is 12.8. The van der Waals surface area contributed by atoms with Crippen LogP contribution in [0.1, 0.15) is 65.3 Å². The van der Waals surface area contributed by atoms with E-state index in [0.29, 0.717) is 24.7 Å². The van der Waals surface area contributed by atoms with Crippen molar-refractivity contribution in [2.45, 2.75) is 50.2 Å². The predicted molar refractivity (Wildman–Crippen MR) is 102 cm³/mol. The number of hydrogen-bond donors (Lipinski definition) is 2. The van der Waals surface area contributed by atoms with E-state index in [4.69, 9.17) is 5.73 Å². The van der Waals surface area contributed by atoms with E-state index in [0.717, 1.165) is 29.0 Å². The zero-order valence-electron chi connectivity index (χ0n) is 15.2. The van der Waals surface area contributed by atoms with Crippen molar-refractivity contribution in [1.29, 1.82) is 0 Å². The molecule has 1 aliphatic carbocycles. The lowest BCUT2D eigenvalue weighted by atomic mass is 9.72. The van der Waals surface area contributed by atoms with E-state index in [1.165, 1.54) is 0 Å². The zero-order chi connectivity index (χ0) is 18.5. The number of nitrogens with two attached hydrogens (primary N) is 1. The van der Waals surface area contributed by atoms with Gasteiger partial charge in [-0.3, -0.25) is 4.79 Å². The van der Waals surface area contributed by atoms with Crippen molar-refractivity contribution in [1.82, 2.24) is 9.88 Å². The van der Waals surface area contributed by atoms with Gasteiger partial charge in [0.05, 0.1) is 17.2 Å². The lowest BCUT2D eigenvalue weighted by Gasteiger charge is -2.42. The molecule has 1 aliphatic heterocycles. The molecule has 2 aromatic rings. The summed E-state index contributed by atoms with van der Waals surface area (Å²) in [4.78, 5) is 19.2. The molecule has 138 valence electrons. The van der Waals surface area contributed by atoms with E-state index < -0.39 is 6.10 Å². The molecule has 0 bridgehead atoms. The Morgan fingerprint density at radius 2 is 2.04 bits per heavy atom. The molecule has 3 N–H and O–H groups in total.